The van der Waals surface area contributed by atoms with Crippen LogP contribution in [0.4, 0.5) is 0 Å². The maximum Gasteiger partial charge on any atom is 0.243 e. The predicted octanol–water partition coefficient (Wildman–Crippen LogP) is -0.414. The van der Waals surface area contributed by atoms with E-state index in [2.05, 4.69) is 5.32 Å². The number of nitrogens with zero attached hydrogens (tertiary/aromatic N) is 1. The van der Waals surface area contributed by atoms with E-state index in [1.165, 1.54) is 6.92 Å². The SMILES string of the molecule is CC(=O)N(O)C1CCNC1. The molecule has 1 saturated heterocycles. The van der Waals surface area contributed by atoms with Crippen LogP contribution in [0.2, 0.25) is 0 Å². The molecule has 1 aliphatic heterocycles. The van der Waals surface area contributed by atoms with Crippen LogP contribution in [0.25, 0.3) is 0 Å². The standard InChI is InChI=1S/C6H12N2O2/c1-5(9)8(10)6-2-3-7-4-6/h6-7,10H,2-4H2,1H3. The van der Waals surface area contributed by atoms with Crippen molar-refractivity contribution in [3.05, 3.63) is 0 Å². The first-order valence-electron chi connectivity index (χ1n) is 3.41. The first kappa shape index (κ1) is 7.50. The second kappa shape index (κ2) is 2.98. The van der Waals surface area contributed by atoms with Crippen LogP contribution in [0.3, 0.4) is 0 Å². The summed E-state index contributed by atoms with van der Waals surface area (Å²) in [6.07, 6.45) is 0.843. The minimum absolute atomic E-state index is 0.0162. The Morgan fingerprint density at radius 3 is 2.90 bits per heavy atom. The van der Waals surface area contributed by atoms with E-state index in [4.69, 9.17) is 5.21 Å². The third kappa shape index (κ3) is 1.46. The molecule has 0 saturated carbocycles. The lowest BCUT2D eigenvalue weighted by molar-refractivity contribution is -0.171. The summed E-state index contributed by atoms with van der Waals surface area (Å²) in [7, 11) is 0. The highest BCUT2D eigenvalue weighted by Crippen LogP contribution is 2.04. The highest BCUT2D eigenvalue weighted by molar-refractivity contribution is 5.72. The van der Waals surface area contributed by atoms with Crippen molar-refractivity contribution in [3.8, 4) is 0 Å². The third-order valence-electron chi connectivity index (χ3n) is 1.70. The lowest BCUT2D eigenvalue weighted by atomic mass is 10.2. The summed E-state index contributed by atoms with van der Waals surface area (Å²) in [4.78, 5) is 10.6. The summed E-state index contributed by atoms with van der Waals surface area (Å²) in [6.45, 7) is 2.95. The Bertz CT molecular complexity index is 132. The number of hydrogen-bond acceptors (Lipinski definition) is 3. The first-order valence-corrected chi connectivity index (χ1v) is 3.41. The van der Waals surface area contributed by atoms with Crippen LogP contribution in [0.5, 0.6) is 0 Å². The summed E-state index contributed by atoms with van der Waals surface area (Å²) >= 11 is 0. The van der Waals surface area contributed by atoms with Crippen molar-refractivity contribution < 1.29 is 10.0 Å². The van der Waals surface area contributed by atoms with Gasteiger partial charge in [-0.3, -0.25) is 10.0 Å². The predicted molar refractivity (Wildman–Crippen MR) is 35.6 cm³/mol. The molecule has 4 heteroatoms. The molecular weight excluding hydrogens is 132 g/mol. The summed E-state index contributed by atoms with van der Waals surface area (Å²) in [5.41, 5.74) is 0. The Labute approximate surface area is 59.8 Å². The lowest BCUT2D eigenvalue weighted by Gasteiger charge is -2.18. The molecule has 1 amide bonds. The van der Waals surface area contributed by atoms with Crippen molar-refractivity contribution in [2.75, 3.05) is 13.1 Å². The topological polar surface area (TPSA) is 52.6 Å². The van der Waals surface area contributed by atoms with Crippen molar-refractivity contribution in [2.24, 2.45) is 0 Å². The molecule has 0 bridgehead atoms. The molecule has 4 nitrogen and oxygen atoms in total. The number of carbonyl (C=O) groups excluding carboxylic acids is 1. The van der Waals surface area contributed by atoms with Crippen molar-refractivity contribution in [3.63, 3.8) is 0 Å². The molecule has 2 N–H and O–H groups in total. The Kier molecular flexibility index (Phi) is 2.24. The normalized spacial score (nSPS) is 24.8. The smallest absolute Gasteiger partial charge is 0.243 e. The zero-order valence-corrected chi connectivity index (χ0v) is 6.00. The van der Waals surface area contributed by atoms with Crippen LogP contribution in [0.15, 0.2) is 0 Å². The summed E-state index contributed by atoms with van der Waals surface area (Å²) in [5, 5.41) is 12.9. The highest BCUT2D eigenvalue weighted by Gasteiger charge is 2.22. The van der Waals surface area contributed by atoms with Gasteiger partial charge in [0, 0.05) is 13.5 Å². The Morgan fingerprint density at radius 2 is 2.50 bits per heavy atom. The van der Waals surface area contributed by atoms with Crippen molar-refractivity contribution >= 4 is 5.91 Å². The molecular formula is C6H12N2O2. The lowest BCUT2D eigenvalue weighted by Crippen LogP contribution is -2.37. The maximum atomic E-state index is 10.6. The largest absolute Gasteiger partial charge is 0.315 e. The second-order valence-electron chi connectivity index (χ2n) is 2.51. The van der Waals surface area contributed by atoms with Crippen molar-refractivity contribution in [2.45, 2.75) is 19.4 Å². The van der Waals surface area contributed by atoms with Gasteiger partial charge in [-0.1, -0.05) is 0 Å². The van der Waals surface area contributed by atoms with Gasteiger partial charge in [0.2, 0.25) is 5.91 Å². The van der Waals surface area contributed by atoms with Crippen LogP contribution >= 0.6 is 0 Å². The fourth-order valence-electron chi connectivity index (χ4n) is 1.11. The molecule has 0 radical (unpaired) electrons. The van der Waals surface area contributed by atoms with E-state index in [0.717, 1.165) is 18.0 Å². The van der Waals surface area contributed by atoms with Gasteiger partial charge in [-0.25, -0.2) is 5.06 Å². The maximum absolute atomic E-state index is 10.6. The quantitative estimate of drug-likeness (QED) is 0.388. The Hall–Kier alpha value is -0.610. The summed E-state index contributed by atoms with van der Waals surface area (Å²) in [5.74, 6) is -0.284. The first-order chi connectivity index (χ1) is 4.72. The summed E-state index contributed by atoms with van der Waals surface area (Å²) < 4.78 is 0. The molecule has 10 heavy (non-hydrogen) atoms. The summed E-state index contributed by atoms with van der Waals surface area (Å²) in [6, 6.07) is -0.0162. The number of amides is 1. The average Bonchev–Trinajstić information content (AvgIpc) is 2.36. The van der Waals surface area contributed by atoms with E-state index in [0.29, 0.717) is 6.54 Å². The van der Waals surface area contributed by atoms with Gasteiger partial charge in [0.1, 0.15) is 0 Å². The minimum Gasteiger partial charge on any atom is -0.315 e. The number of rotatable bonds is 1. The molecule has 0 spiro atoms. The van der Waals surface area contributed by atoms with Crippen LogP contribution < -0.4 is 5.32 Å². The molecule has 1 unspecified atom stereocenters. The molecule has 1 heterocycles. The van der Waals surface area contributed by atoms with E-state index in [9.17, 15) is 4.79 Å². The zero-order valence-electron chi connectivity index (χ0n) is 6.00. The molecule has 0 aromatic carbocycles. The van der Waals surface area contributed by atoms with Gasteiger partial charge >= 0.3 is 0 Å². The fraction of sp³-hybridized carbons (Fsp3) is 0.833. The van der Waals surface area contributed by atoms with Crippen LogP contribution in [0, 0.1) is 0 Å². The number of hydroxylamine groups is 2. The van der Waals surface area contributed by atoms with E-state index in [-0.39, 0.29) is 11.9 Å². The monoisotopic (exact) mass is 144 g/mol. The Balaban J connectivity index is 2.39. The molecule has 0 aliphatic carbocycles. The molecule has 1 fully saturated rings. The van der Waals surface area contributed by atoms with Gasteiger partial charge in [-0.15, -0.1) is 0 Å². The Morgan fingerprint density at radius 1 is 1.80 bits per heavy atom. The van der Waals surface area contributed by atoms with Crippen LogP contribution in [0.1, 0.15) is 13.3 Å². The number of hydrogen-bond donors (Lipinski definition) is 2. The fourth-order valence-corrected chi connectivity index (χ4v) is 1.11. The van der Waals surface area contributed by atoms with Gasteiger partial charge < -0.3 is 5.32 Å². The van der Waals surface area contributed by atoms with Crippen LogP contribution in [-0.2, 0) is 4.79 Å². The number of nitrogens with one attached hydrogen (secondary N) is 1. The van der Waals surface area contributed by atoms with E-state index in [1.54, 1.807) is 0 Å². The molecule has 1 rings (SSSR count). The van der Waals surface area contributed by atoms with Gasteiger partial charge in [0.15, 0.2) is 0 Å². The van der Waals surface area contributed by atoms with Crippen LogP contribution in [-0.4, -0.2) is 35.3 Å². The molecule has 1 atom stereocenters. The molecule has 58 valence electrons. The van der Waals surface area contributed by atoms with Crippen molar-refractivity contribution in [1.29, 1.82) is 0 Å². The number of carbonyl (C=O) groups is 1. The zero-order chi connectivity index (χ0) is 7.56. The minimum atomic E-state index is -0.284. The van der Waals surface area contributed by atoms with Gasteiger partial charge in [0.05, 0.1) is 6.04 Å². The molecule has 1 aliphatic rings. The average molecular weight is 144 g/mol. The van der Waals surface area contributed by atoms with Gasteiger partial charge in [-0.05, 0) is 13.0 Å². The second-order valence-corrected chi connectivity index (χ2v) is 2.51. The van der Waals surface area contributed by atoms with E-state index in [1.807, 2.05) is 0 Å². The molecule has 0 aromatic rings. The van der Waals surface area contributed by atoms with Crippen molar-refractivity contribution in [1.82, 2.24) is 10.4 Å². The van der Waals surface area contributed by atoms with Gasteiger partial charge in [0.25, 0.3) is 0 Å². The molecule has 0 aromatic heterocycles. The highest BCUT2D eigenvalue weighted by atomic mass is 16.5. The third-order valence-corrected chi connectivity index (χ3v) is 1.70. The van der Waals surface area contributed by atoms with Gasteiger partial charge in [-0.2, -0.15) is 0 Å². The van der Waals surface area contributed by atoms with E-state index < -0.39 is 0 Å². The van der Waals surface area contributed by atoms with E-state index >= 15 is 0 Å².